The first kappa shape index (κ1) is 15.8. The number of aryl methyl sites for hydroxylation is 2. The molecule has 24 heavy (non-hydrogen) atoms. The number of anilines is 2. The van der Waals surface area contributed by atoms with Crippen molar-refractivity contribution in [2.75, 3.05) is 19.1 Å². The smallest absolute Gasteiger partial charge is 0.252 e. The molecule has 3 rings (SSSR count). The highest BCUT2D eigenvalue weighted by Gasteiger charge is 2.22. The Hall–Kier alpha value is -3.09. The molecule has 2 N–H and O–H groups in total. The number of fused-ring (bicyclic) bond motifs is 1. The molecule has 0 aliphatic carbocycles. The SMILES string of the molecule is COc1cccc(N(C)c2c(C(N)=O)cnc3c2c(C)nn3C)c1. The molecule has 0 unspecified atom stereocenters. The van der Waals surface area contributed by atoms with Gasteiger partial charge in [0, 0.05) is 32.0 Å². The van der Waals surface area contributed by atoms with Crippen LogP contribution in [0.3, 0.4) is 0 Å². The first-order valence-electron chi connectivity index (χ1n) is 7.44. The molecule has 3 aromatic rings. The number of primary amides is 1. The van der Waals surface area contributed by atoms with Crippen LogP contribution in [0, 0.1) is 6.92 Å². The maximum absolute atomic E-state index is 11.9. The molecule has 0 saturated heterocycles. The molecule has 0 bridgehead atoms. The minimum atomic E-state index is -0.530. The van der Waals surface area contributed by atoms with Crippen LogP contribution in [-0.4, -0.2) is 34.8 Å². The molecule has 7 nitrogen and oxygen atoms in total. The lowest BCUT2D eigenvalue weighted by atomic mass is 10.1. The summed E-state index contributed by atoms with van der Waals surface area (Å²) in [4.78, 5) is 18.2. The predicted molar refractivity (Wildman–Crippen MR) is 92.8 cm³/mol. The lowest BCUT2D eigenvalue weighted by Gasteiger charge is -2.23. The van der Waals surface area contributed by atoms with Gasteiger partial charge in [-0.15, -0.1) is 0 Å². The fraction of sp³-hybridized carbons (Fsp3) is 0.235. The molecule has 1 aromatic carbocycles. The summed E-state index contributed by atoms with van der Waals surface area (Å²) in [5.41, 5.74) is 8.96. The van der Waals surface area contributed by atoms with Crippen molar-refractivity contribution in [1.82, 2.24) is 14.8 Å². The lowest BCUT2D eigenvalue weighted by molar-refractivity contribution is 0.100. The van der Waals surface area contributed by atoms with Gasteiger partial charge in [-0.25, -0.2) is 4.98 Å². The highest BCUT2D eigenvalue weighted by Crippen LogP contribution is 2.36. The van der Waals surface area contributed by atoms with E-state index in [1.807, 2.05) is 50.2 Å². The topological polar surface area (TPSA) is 86.3 Å². The van der Waals surface area contributed by atoms with E-state index < -0.39 is 5.91 Å². The summed E-state index contributed by atoms with van der Waals surface area (Å²) in [7, 11) is 5.31. The van der Waals surface area contributed by atoms with Crippen LogP contribution in [0.1, 0.15) is 16.1 Å². The molecule has 0 radical (unpaired) electrons. The van der Waals surface area contributed by atoms with Crippen molar-refractivity contribution in [1.29, 1.82) is 0 Å². The number of carbonyl (C=O) groups excluding carboxylic acids is 1. The molecule has 7 heteroatoms. The third-order valence-electron chi connectivity index (χ3n) is 4.04. The Balaban J connectivity index is 2.29. The summed E-state index contributed by atoms with van der Waals surface area (Å²) in [5, 5.41) is 5.22. The Morgan fingerprint density at radius 2 is 2.12 bits per heavy atom. The van der Waals surface area contributed by atoms with Gasteiger partial charge in [0.25, 0.3) is 5.91 Å². The van der Waals surface area contributed by atoms with Crippen LogP contribution >= 0.6 is 0 Å². The van der Waals surface area contributed by atoms with E-state index in [9.17, 15) is 4.79 Å². The van der Waals surface area contributed by atoms with Gasteiger partial charge in [-0.05, 0) is 19.1 Å². The molecular formula is C17H19N5O2. The third kappa shape index (κ3) is 2.44. The normalized spacial score (nSPS) is 10.8. The lowest BCUT2D eigenvalue weighted by Crippen LogP contribution is -2.19. The van der Waals surface area contributed by atoms with Crippen molar-refractivity contribution >= 4 is 28.3 Å². The first-order chi connectivity index (χ1) is 11.4. The van der Waals surface area contributed by atoms with E-state index in [-0.39, 0.29) is 0 Å². The first-order valence-corrected chi connectivity index (χ1v) is 7.44. The van der Waals surface area contributed by atoms with E-state index in [0.717, 1.165) is 22.5 Å². The molecule has 0 spiro atoms. The van der Waals surface area contributed by atoms with Gasteiger partial charge < -0.3 is 15.4 Å². The number of pyridine rings is 1. The average Bonchev–Trinajstić information content (AvgIpc) is 2.87. The number of nitrogens with zero attached hydrogens (tertiary/aromatic N) is 4. The maximum atomic E-state index is 11.9. The molecule has 0 aliphatic heterocycles. The van der Waals surface area contributed by atoms with E-state index in [1.54, 1.807) is 11.8 Å². The maximum Gasteiger partial charge on any atom is 0.252 e. The van der Waals surface area contributed by atoms with Gasteiger partial charge in [-0.1, -0.05) is 6.07 Å². The van der Waals surface area contributed by atoms with Crippen molar-refractivity contribution < 1.29 is 9.53 Å². The summed E-state index contributed by atoms with van der Waals surface area (Å²) in [6.07, 6.45) is 1.50. The van der Waals surface area contributed by atoms with Crippen molar-refractivity contribution in [3.8, 4) is 5.75 Å². The second-order valence-corrected chi connectivity index (χ2v) is 5.55. The van der Waals surface area contributed by atoms with Crippen LogP contribution in [0.4, 0.5) is 11.4 Å². The molecule has 124 valence electrons. The van der Waals surface area contributed by atoms with E-state index in [4.69, 9.17) is 10.5 Å². The van der Waals surface area contributed by atoms with Crippen LogP contribution in [0.5, 0.6) is 5.75 Å². The van der Waals surface area contributed by atoms with Crippen molar-refractivity contribution in [2.24, 2.45) is 12.8 Å². The molecule has 2 heterocycles. The summed E-state index contributed by atoms with van der Waals surface area (Å²) in [6, 6.07) is 7.58. The largest absolute Gasteiger partial charge is 0.497 e. The number of carbonyl (C=O) groups is 1. The van der Waals surface area contributed by atoms with E-state index in [1.165, 1.54) is 6.20 Å². The summed E-state index contributed by atoms with van der Waals surface area (Å²) >= 11 is 0. The monoisotopic (exact) mass is 325 g/mol. The third-order valence-corrected chi connectivity index (χ3v) is 4.04. The molecule has 0 fully saturated rings. The molecule has 0 saturated carbocycles. The fourth-order valence-corrected chi connectivity index (χ4v) is 2.87. The van der Waals surface area contributed by atoms with Gasteiger partial charge in [0.1, 0.15) is 5.75 Å². The number of benzene rings is 1. The molecule has 0 aliphatic rings. The second kappa shape index (κ2) is 5.84. The summed E-state index contributed by atoms with van der Waals surface area (Å²) in [5.74, 6) is 0.200. The highest BCUT2D eigenvalue weighted by atomic mass is 16.5. The minimum absolute atomic E-state index is 0.351. The van der Waals surface area contributed by atoms with Crippen molar-refractivity contribution in [3.63, 3.8) is 0 Å². The van der Waals surface area contributed by atoms with Crippen LogP contribution in [0.25, 0.3) is 11.0 Å². The van der Waals surface area contributed by atoms with E-state index in [2.05, 4.69) is 10.1 Å². The van der Waals surface area contributed by atoms with E-state index >= 15 is 0 Å². The Kier molecular flexibility index (Phi) is 3.84. The van der Waals surface area contributed by atoms with Gasteiger partial charge in [0.05, 0.1) is 29.4 Å². The quantitative estimate of drug-likeness (QED) is 0.794. The molecular weight excluding hydrogens is 306 g/mol. The Morgan fingerprint density at radius 1 is 1.38 bits per heavy atom. The number of hydrogen-bond acceptors (Lipinski definition) is 5. The van der Waals surface area contributed by atoms with Crippen molar-refractivity contribution in [2.45, 2.75) is 6.92 Å². The number of methoxy groups -OCH3 is 1. The fourth-order valence-electron chi connectivity index (χ4n) is 2.87. The average molecular weight is 325 g/mol. The van der Waals surface area contributed by atoms with Crippen LogP contribution in [0.2, 0.25) is 0 Å². The van der Waals surface area contributed by atoms with Gasteiger partial charge in [-0.2, -0.15) is 5.10 Å². The summed E-state index contributed by atoms with van der Waals surface area (Å²) < 4.78 is 6.98. The van der Waals surface area contributed by atoms with Crippen LogP contribution < -0.4 is 15.4 Å². The highest BCUT2D eigenvalue weighted by molar-refractivity contribution is 6.08. The standard InChI is InChI=1S/C17H19N5O2/c1-10-14-15(21(2)11-6-5-7-12(8-11)24-4)13(16(18)23)9-19-17(14)22(3)20-10/h5-9H,1-4H3,(H2,18,23). The predicted octanol–water partition coefficient (Wildman–Crippen LogP) is 2.15. The van der Waals surface area contributed by atoms with Gasteiger partial charge >= 0.3 is 0 Å². The van der Waals surface area contributed by atoms with E-state index in [0.29, 0.717) is 16.9 Å². The number of amides is 1. The van der Waals surface area contributed by atoms with Crippen molar-refractivity contribution in [3.05, 3.63) is 41.7 Å². The Morgan fingerprint density at radius 3 is 2.79 bits per heavy atom. The Labute approximate surface area is 139 Å². The zero-order valence-corrected chi connectivity index (χ0v) is 14.1. The van der Waals surface area contributed by atoms with Gasteiger partial charge in [-0.3, -0.25) is 9.48 Å². The number of nitrogens with two attached hydrogens (primary N) is 1. The second-order valence-electron chi connectivity index (χ2n) is 5.55. The van der Waals surface area contributed by atoms with Crippen LogP contribution in [-0.2, 0) is 7.05 Å². The van der Waals surface area contributed by atoms with Gasteiger partial charge in [0.2, 0.25) is 0 Å². The van der Waals surface area contributed by atoms with Crippen LogP contribution in [0.15, 0.2) is 30.5 Å². The number of aromatic nitrogens is 3. The Bertz CT molecular complexity index is 932. The number of hydrogen-bond donors (Lipinski definition) is 1. The zero-order chi connectivity index (χ0) is 17.4. The molecule has 1 amide bonds. The molecule has 2 aromatic heterocycles. The zero-order valence-electron chi connectivity index (χ0n) is 14.1. The van der Waals surface area contributed by atoms with Gasteiger partial charge in [0.15, 0.2) is 5.65 Å². The molecule has 0 atom stereocenters. The summed E-state index contributed by atoms with van der Waals surface area (Å²) in [6.45, 7) is 1.89. The number of rotatable bonds is 4. The minimum Gasteiger partial charge on any atom is -0.497 e. The number of ether oxygens (including phenoxy) is 1.